The molecule has 1 heterocycles. The molecule has 82 valence electrons. The molecule has 0 spiro atoms. The van der Waals surface area contributed by atoms with Crippen LogP contribution in [0, 0.1) is 5.92 Å². The topological polar surface area (TPSA) is 34.2 Å². The van der Waals surface area contributed by atoms with Gasteiger partial charge < -0.3 is 10.1 Å². The predicted molar refractivity (Wildman–Crippen MR) is 59.8 cm³/mol. The third-order valence-electron chi connectivity index (χ3n) is 2.72. The molecule has 0 atom stereocenters. The zero-order valence-corrected chi connectivity index (χ0v) is 9.20. The van der Waals surface area contributed by atoms with E-state index in [1.807, 2.05) is 13.1 Å². The summed E-state index contributed by atoms with van der Waals surface area (Å²) in [5, 5.41) is 3.13. The molecule has 0 aliphatic heterocycles. The zero-order chi connectivity index (χ0) is 10.5. The molecule has 1 saturated carbocycles. The second-order valence-electron chi connectivity index (χ2n) is 4.09. The van der Waals surface area contributed by atoms with Crippen molar-refractivity contribution < 1.29 is 4.74 Å². The Morgan fingerprint density at radius 1 is 1.53 bits per heavy atom. The van der Waals surface area contributed by atoms with Crippen LogP contribution in [0.2, 0.25) is 0 Å². The van der Waals surface area contributed by atoms with Crippen LogP contribution in [0.4, 0.5) is 0 Å². The van der Waals surface area contributed by atoms with Gasteiger partial charge in [0.1, 0.15) is 5.75 Å². The number of nitrogens with zero attached hydrogens (tertiary/aromatic N) is 1. The number of hydrogen-bond acceptors (Lipinski definition) is 3. The van der Waals surface area contributed by atoms with Crippen molar-refractivity contribution >= 4 is 0 Å². The number of nitrogens with one attached hydrogen (secondary N) is 1. The van der Waals surface area contributed by atoms with Gasteiger partial charge in [-0.1, -0.05) is 12.8 Å². The Balaban J connectivity index is 1.86. The average Bonchev–Trinajstić information content (AvgIpc) is 3.05. The van der Waals surface area contributed by atoms with E-state index >= 15 is 0 Å². The Morgan fingerprint density at radius 3 is 3.13 bits per heavy atom. The average molecular weight is 206 g/mol. The summed E-state index contributed by atoms with van der Waals surface area (Å²) in [4.78, 5) is 4.09. The fraction of sp³-hybridized carbons (Fsp3) is 0.583. The lowest BCUT2D eigenvalue weighted by Crippen LogP contribution is -2.08. The Labute approximate surface area is 90.9 Å². The van der Waals surface area contributed by atoms with E-state index in [1.165, 1.54) is 24.8 Å². The molecule has 0 amide bonds. The van der Waals surface area contributed by atoms with Crippen LogP contribution in [0.25, 0.3) is 0 Å². The summed E-state index contributed by atoms with van der Waals surface area (Å²) in [6.07, 6.45) is 7.58. The molecule has 0 saturated heterocycles. The van der Waals surface area contributed by atoms with Crippen molar-refractivity contribution in [2.24, 2.45) is 5.92 Å². The molecule has 1 N–H and O–H groups in total. The highest BCUT2D eigenvalue weighted by Crippen LogP contribution is 2.32. The molecule has 3 heteroatoms. The number of rotatable bonds is 6. The summed E-state index contributed by atoms with van der Waals surface area (Å²) < 4.78 is 5.74. The van der Waals surface area contributed by atoms with Crippen molar-refractivity contribution in [2.75, 3.05) is 13.7 Å². The number of pyridine rings is 1. The normalized spacial score (nSPS) is 15.3. The largest absolute Gasteiger partial charge is 0.492 e. The Bertz CT molecular complexity index is 310. The van der Waals surface area contributed by atoms with Gasteiger partial charge in [-0.3, -0.25) is 4.98 Å². The van der Waals surface area contributed by atoms with Crippen LogP contribution in [0.3, 0.4) is 0 Å². The second-order valence-corrected chi connectivity index (χ2v) is 4.09. The van der Waals surface area contributed by atoms with E-state index in [0.29, 0.717) is 0 Å². The Hall–Kier alpha value is -1.09. The van der Waals surface area contributed by atoms with E-state index in [9.17, 15) is 0 Å². The second kappa shape index (κ2) is 5.12. The van der Waals surface area contributed by atoms with Crippen molar-refractivity contribution in [3.8, 4) is 5.75 Å². The summed E-state index contributed by atoms with van der Waals surface area (Å²) >= 11 is 0. The molecule has 15 heavy (non-hydrogen) atoms. The highest BCUT2D eigenvalue weighted by molar-refractivity contribution is 5.29. The molecule has 2 rings (SSSR count). The van der Waals surface area contributed by atoms with Gasteiger partial charge in [-0.15, -0.1) is 0 Å². The molecule has 1 aliphatic carbocycles. The molecule has 1 fully saturated rings. The third kappa shape index (κ3) is 3.20. The van der Waals surface area contributed by atoms with Crippen LogP contribution in [0.5, 0.6) is 5.75 Å². The molecule has 3 nitrogen and oxygen atoms in total. The lowest BCUT2D eigenvalue weighted by atomic mass is 10.2. The van der Waals surface area contributed by atoms with E-state index in [1.54, 1.807) is 12.4 Å². The number of ether oxygens (including phenoxy) is 1. The molecule has 0 aromatic carbocycles. The molecule has 1 aliphatic rings. The van der Waals surface area contributed by atoms with Crippen LogP contribution >= 0.6 is 0 Å². The van der Waals surface area contributed by atoms with Crippen molar-refractivity contribution in [1.29, 1.82) is 0 Å². The highest BCUT2D eigenvalue weighted by atomic mass is 16.5. The summed E-state index contributed by atoms with van der Waals surface area (Å²) in [6, 6.07) is 2.00. The molecule has 1 aromatic heterocycles. The maximum Gasteiger partial charge on any atom is 0.142 e. The van der Waals surface area contributed by atoms with Gasteiger partial charge in [0.25, 0.3) is 0 Å². The van der Waals surface area contributed by atoms with E-state index in [-0.39, 0.29) is 0 Å². The van der Waals surface area contributed by atoms with Crippen molar-refractivity contribution in [3.05, 3.63) is 24.0 Å². The van der Waals surface area contributed by atoms with Gasteiger partial charge >= 0.3 is 0 Å². The summed E-state index contributed by atoms with van der Waals surface area (Å²) in [5.41, 5.74) is 1.18. The quantitative estimate of drug-likeness (QED) is 0.772. The van der Waals surface area contributed by atoms with Crippen LogP contribution in [-0.2, 0) is 6.54 Å². The Kier molecular flexibility index (Phi) is 3.56. The van der Waals surface area contributed by atoms with Crippen molar-refractivity contribution in [2.45, 2.75) is 25.8 Å². The van der Waals surface area contributed by atoms with E-state index in [4.69, 9.17) is 4.74 Å². The van der Waals surface area contributed by atoms with Gasteiger partial charge in [0, 0.05) is 18.3 Å². The Morgan fingerprint density at radius 2 is 2.40 bits per heavy atom. The van der Waals surface area contributed by atoms with Crippen LogP contribution in [0.15, 0.2) is 18.5 Å². The minimum Gasteiger partial charge on any atom is -0.492 e. The van der Waals surface area contributed by atoms with Crippen molar-refractivity contribution in [3.63, 3.8) is 0 Å². The van der Waals surface area contributed by atoms with Crippen LogP contribution in [-0.4, -0.2) is 18.6 Å². The van der Waals surface area contributed by atoms with Gasteiger partial charge in [-0.05, 0) is 25.5 Å². The number of aromatic nitrogens is 1. The monoisotopic (exact) mass is 206 g/mol. The minimum absolute atomic E-state index is 0.826. The lowest BCUT2D eigenvalue weighted by molar-refractivity contribution is 0.298. The maximum atomic E-state index is 5.74. The van der Waals surface area contributed by atoms with Gasteiger partial charge in [0.15, 0.2) is 0 Å². The molecular formula is C12H18N2O. The predicted octanol–water partition coefficient (Wildman–Crippen LogP) is 1.98. The smallest absolute Gasteiger partial charge is 0.142 e. The first kappa shape index (κ1) is 10.4. The third-order valence-corrected chi connectivity index (χ3v) is 2.72. The van der Waals surface area contributed by atoms with Crippen LogP contribution < -0.4 is 10.1 Å². The van der Waals surface area contributed by atoms with E-state index in [2.05, 4.69) is 10.3 Å². The minimum atomic E-state index is 0.826. The standard InChI is InChI=1S/C12H18N2O/c1-13-8-11-4-6-14-9-12(11)15-7-5-10-2-3-10/h4,6,9-10,13H,2-3,5,7-8H2,1H3. The summed E-state index contributed by atoms with van der Waals surface area (Å²) in [7, 11) is 1.94. The molecular weight excluding hydrogens is 188 g/mol. The van der Waals surface area contributed by atoms with Gasteiger partial charge in [0.2, 0.25) is 0 Å². The van der Waals surface area contributed by atoms with Gasteiger partial charge in [-0.25, -0.2) is 0 Å². The molecule has 0 radical (unpaired) electrons. The fourth-order valence-electron chi connectivity index (χ4n) is 1.62. The van der Waals surface area contributed by atoms with E-state index < -0.39 is 0 Å². The molecule has 0 bridgehead atoms. The zero-order valence-electron chi connectivity index (χ0n) is 9.20. The van der Waals surface area contributed by atoms with Gasteiger partial charge in [0.05, 0.1) is 12.8 Å². The molecule has 0 unspecified atom stereocenters. The summed E-state index contributed by atoms with van der Waals surface area (Å²) in [5.74, 6) is 1.85. The van der Waals surface area contributed by atoms with E-state index in [0.717, 1.165) is 24.8 Å². The first-order valence-electron chi connectivity index (χ1n) is 5.60. The maximum absolute atomic E-state index is 5.74. The first-order chi connectivity index (χ1) is 7.40. The number of hydrogen-bond donors (Lipinski definition) is 1. The first-order valence-corrected chi connectivity index (χ1v) is 5.60. The lowest BCUT2D eigenvalue weighted by Gasteiger charge is -2.10. The van der Waals surface area contributed by atoms with Gasteiger partial charge in [-0.2, -0.15) is 0 Å². The SMILES string of the molecule is CNCc1ccncc1OCCC1CC1. The van der Waals surface area contributed by atoms with Crippen molar-refractivity contribution in [1.82, 2.24) is 10.3 Å². The highest BCUT2D eigenvalue weighted by Gasteiger charge is 2.20. The fourth-order valence-corrected chi connectivity index (χ4v) is 1.62. The molecule has 1 aromatic rings. The van der Waals surface area contributed by atoms with Crippen LogP contribution in [0.1, 0.15) is 24.8 Å². The summed E-state index contributed by atoms with van der Waals surface area (Å²) in [6.45, 7) is 1.66.